The lowest BCUT2D eigenvalue weighted by Gasteiger charge is -2.15. The molecule has 0 saturated carbocycles. The van der Waals surface area contributed by atoms with E-state index in [1.54, 1.807) is 6.92 Å². The second-order valence-electron chi connectivity index (χ2n) is 6.23. The topological polar surface area (TPSA) is 72.0 Å². The molecule has 7 heteroatoms. The number of nitrogens with one attached hydrogen (secondary N) is 1. The van der Waals surface area contributed by atoms with E-state index < -0.39 is 5.25 Å². The molecule has 0 fully saturated rings. The minimum absolute atomic E-state index is 0.215. The largest absolute Gasteiger partial charge is 0.465 e. The van der Waals surface area contributed by atoms with E-state index in [1.807, 2.05) is 66.0 Å². The molecule has 1 atom stereocenters. The van der Waals surface area contributed by atoms with E-state index in [0.29, 0.717) is 15.4 Å². The normalized spacial score (nSPS) is 12.0. The molecular formula is C22H18N2O3S2. The number of aromatic amines is 1. The molecule has 0 bridgehead atoms. The average Bonchev–Trinajstić information content (AvgIpc) is 3.18. The van der Waals surface area contributed by atoms with Gasteiger partial charge in [-0.15, -0.1) is 11.3 Å². The Kier molecular flexibility index (Phi) is 5.78. The second kappa shape index (κ2) is 8.63. The number of rotatable bonds is 6. The zero-order chi connectivity index (χ0) is 20.2. The summed E-state index contributed by atoms with van der Waals surface area (Å²) in [5.74, 6) is -0.359. The van der Waals surface area contributed by atoms with Crippen molar-refractivity contribution in [3.8, 4) is 11.1 Å². The molecule has 2 aromatic heterocycles. The summed E-state index contributed by atoms with van der Waals surface area (Å²) in [6.07, 6.45) is 0. The van der Waals surface area contributed by atoms with Crippen molar-refractivity contribution in [2.45, 2.75) is 17.3 Å². The maximum Gasteiger partial charge on any atom is 0.324 e. The van der Waals surface area contributed by atoms with Crippen LogP contribution in [0.2, 0.25) is 0 Å². The summed E-state index contributed by atoms with van der Waals surface area (Å²) < 4.78 is 5.23. The quantitative estimate of drug-likeness (QED) is 0.267. The maximum absolute atomic E-state index is 12.8. The van der Waals surface area contributed by atoms with Crippen LogP contribution in [-0.2, 0) is 9.53 Å². The Morgan fingerprint density at radius 1 is 1.14 bits per heavy atom. The van der Waals surface area contributed by atoms with E-state index in [4.69, 9.17) is 4.74 Å². The third-order valence-electron chi connectivity index (χ3n) is 4.34. The SMILES string of the molecule is CCOC(=O)[C@@H](Sc1nc2scc(-c3ccccc3)c2c(=O)[nH]1)c1ccccc1. The number of benzene rings is 2. The molecule has 0 aliphatic carbocycles. The summed E-state index contributed by atoms with van der Waals surface area (Å²) >= 11 is 2.61. The number of carbonyl (C=O) groups is 1. The van der Waals surface area contributed by atoms with Crippen molar-refractivity contribution in [2.24, 2.45) is 0 Å². The van der Waals surface area contributed by atoms with Crippen LogP contribution in [0.3, 0.4) is 0 Å². The minimum atomic E-state index is -0.606. The number of hydrogen-bond donors (Lipinski definition) is 1. The number of nitrogens with zero attached hydrogens (tertiary/aromatic N) is 1. The van der Waals surface area contributed by atoms with E-state index in [1.165, 1.54) is 23.1 Å². The monoisotopic (exact) mass is 422 g/mol. The average molecular weight is 423 g/mol. The van der Waals surface area contributed by atoms with Gasteiger partial charge >= 0.3 is 5.97 Å². The number of esters is 1. The number of ether oxygens (including phenoxy) is 1. The molecule has 0 amide bonds. The smallest absolute Gasteiger partial charge is 0.324 e. The predicted octanol–water partition coefficient (Wildman–Crippen LogP) is 5.05. The molecular weight excluding hydrogens is 404 g/mol. The van der Waals surface area contributed by atoms with E-state index in [0.717, 1.165) is 16.7 Å². The summed E-state index contributed by atoms with van der Waals surface area (Å²) in [5, 5.41) is 2.30. The molecule has 4 aromatic rings. The Balaban J connectivity index is 1.72. The van der Waals surface area contributed by atoms with E-state index in [9.17, 15) is 9.59 Å². The molecule has 4 rings (SSSR count). The van der Waals surface area contributed by atoms with Crippen LogP contribution in [0, 0.1) is 0 Å². The van der Waals surface area contributed by atoms with Crippen LogP contribution >= 0.6 is 23.1 Å². The molecule has 0 radical (unpaired) electrons. The van der Waals surface area contributed by atoms with Gasteiger partial charge in [0.2, 0.25) is 0 Å². The highest BCUT2D eigenvalue weighted by molar-refractivity contribution is 8.00. The Morgan fingerprint density at radius 2 is 1.83 bits per heavy atom. The summed E-state index contributed by atoms with van der Waals surface area (Å²) in [5.41, 5.74) is 2.42. The van der Waals surface area contributed by atoms with Crippen LogP contribution in [0.15, 0.2) is 76.0 Å². The van der Waals surface area contributed by atoms with Gasteiger partial charge in [0.15, 0.2) is 5.16 Å². The first-order valence-corrected chi connectivity index (χ1v) is 10.9. The molecule has 29 heavy (non-hydrogen) atoms. The zero-order valence-corrected chi connectivity index (χ0v) is 17.3. The van der Waals surface area contributed by atoms with Gasteiger partial charge in [0, 0.05) is 10.9 Å². The first-order chi connectivity index (χ1) is 14.2. The van der Waals surface area contributed by atoms with Crippen molar-refractivity contribution in [2.75, 3.05) is 6.61 Å². The lowest BCUT2D eigenvalue weighted by Crippen LogP contribution is -2.15. The fourth-order valence-corrected chi connectivity index (χ4v) is 5.01. The van der Waals surface area contributed by atoms with Crippen molar-refractivity contribution in [1.82, 2.24) is 9.97 Å². The van der Waals surface area contributed by atoms with E-state index in [2.05, 4.69) is 9.97 Å². The molecule has 0 aliphatic heterocycles. The van der Waals surface area contributed by atoms with Gasteiger partial charge in [-0.3, -0.25) is 9.59 Å². The third-order valence-corrected chi connectivity index (χ3v) is 6.33. The van der Waals surface area contributed by atoms with Crippen molar-refractivity contribution < 1.29 is 9.53 Å². The van der Waals surface area contributed by atoms with Crippen molar-refractivity contribution in [3.63, 3.8) is 0 Å². The molecule has 0 saturated heterocycles. The van der Waals surface area contributed by atoms with Crippen LogP contribution in [0.1, 0.15) is 17.7 Å². The molecule has 2 heterocycles. The highest BCUT2D eigenvalue weighted by Gasteiger charge is 2.25. The Labute approximate surface area is 175 Å². The Morgan fingerprint density at radius 3 is 2.52 bits per heavy atom. The zero-order valence-electron chi connectivity index (χ0n) is 15.6. The van der Waals surface area contributed by atoms with Gasteiger partial charge in [0.05, 0.1) is 12.0 Å². The van der Waals surface area contributed by atoms with Crippen molar-refractivity contribution in [3.05, 3.63) is 82.0 Å². The molecule has 0 aliphatic rings. The van der Waals surface area contributed by atoms with Gasteiger partial charge in [-0.2, -0.15) is 0 Å². The number of hydrogen-bond acceptors (Lipinski definition) is 6. The minimum Gasteiger partial charge on any atom is -0.465 e. The van der Waals surface area contributed by atoms with Crippen LogP contribution in [0.5, 0.6) is 0 Å². The molecule has 1 N–H and O–H groups in total. The van der Waals surface area contributed by atoms with Crippen molar-refractivity contribution >= 4 is 39.3 Å². The second-order valence-corrected chi connectivity index (χ2v) is 8.18. The number of aromatic nitrogens is 2. The highest BCUT2D eigenvalue weighted by atomic mass is 32.2. The van der Waals surface area contributed by atoms with Gasteiger partial charge in [-0.05, 0) is 18.1 Å². The summed E-state index contributed by atoms with van der Waals surface area (Å²) in [6, 6.07) is 19.1. The summed E-state index contributed by atoms with van der Waals surface area (Å²) in [6.45, 7) is 2.06. The molecule has 0 unspecified atom stereocenters. The molecule has 0 spiro atoms. The summed E-state index contributed by atoms with van der Waals surface area (Å²) in [7, 11) is 0. The van der Waals surface area contributed by atoms with E-state index in [-0.39, 0.29) is 18.1 Å². The lowest BCUT2D eigenvalue weighted by molar-refractivity contribution is -0.142. The third kappa shape index (κ3) is 4.11. The first kappa shape index (κ1) is 19.4. The standard InChI is InChI=1S/C22H18N2O3S2/c1-2-27-21(26)18(15-11-7-4-8-12-15)29-22-23-19(25)17-16(13-28-20(17)24-22)14-9-5-3-6-10-14/h3-13,18H,2H2,1H3,(H,23,24,25)/t18-/m0/s1. The number of carbonyl (C=O) groups excluding carboxylic acids is 1. The van der Waals surface area contributed by atoms with Gasteiger partial charge in [0.1, 0.15) is 10.1 Å². The van der Waals surface area contributed by atoms with Gasteiger partial charge < -0.3 is 9.72 Å². The molecule has 146 valence electrons. The van der Waals surface area contributed by atoms with Crippen LogP contribution < -0.4 is 5.56 Å². The van der Waals surface area contributed by atoms with Gasteiger partial charge in [-0.25, -0.2) is 4.98 Å². The molecule has 5 nitrogen and oxygen atoms in total. The Hall–Kier alpha value is -2.90. The maximum atomic E-state index is 12.8. The number of thioether (sulfide) groups is 1. The van der Waals surface area contributed by atoms with Crippen LogP contribution in [0.4, 0.5) is 0 Å². The fraction of sp³-hybridized carbons (Fsp3) is 0.136. The lowest BCUT2D eigenvalue weighted by atomic mass is 10.1. The number of thiophene rings is 1. The highest BCUT2D eigenvalue weighted by Crippen LogP contribution is 2.36. The number of fused-ring (bicyclic) bond motifs is 1. The van der Waals surface area contributed by atoms with Crippen LogP contribution in [-0.4, -0.2) is 22.5 Å². The van der Waals surface area contributed by atoms with Crippen LogP contribution in [0.25, 0.3) is 21.3 Å². The number of H-pyrrole nitrogens is 1. The fourth-order valence-electron chi connectivity index (χ4n) is 3.02. The van der Waals surface area contributed by atoms with Crippen molar-refractivity contribution in [1.29, 1.82) is 0 Å². The molecule has 2 aromatic carbocycles. The van der Waals surface area contributed by atoms with Gasteiger partial charge in [0.25, 0.3) is 5.56 Å². The predicted molar refractivity (Wildman–Crippen MR) is 117 cm³/mol. The first-order valence-electron chi connectivity index (χ1n) is 9.12. The van der Waals surface area contributed by atoms with E-state index >= 15 is 0 Å². The Bertz CT molecular complexity index is 1190. The van der Waals surface area contributed by atoms with Gasteiger partial charge in [-0.1, -0.05) is 72.4 Å². The summed E-state index contributed by atoms with van der Waals surface area (Å²) in [4.78, 5) is 33.5.